The Hall–Kier alpha value is -1.33. The minimum Gasteiger partial charge on any atom is -0.383 e. The molecule has 1 N–H and O–H groups in total. The molecule has 2 rings (SSSR count). The Kier molecular flexibility index (Phi) is 4.83. The molecule has 1 heterocycles. The Morgan fingerprint density at radius 1 is 1.40 bits per heavy atom. The number of rotatable bonds is 5. The molecule has 20 heavy (non-hydrogen) atoms. The van der Waals surface area contributed by atoms with E-state index in [1.165, 1.54) is 5.56 Å². The number of halogens is 1. The Balaban J connectivity index is 2.26. The van der Waals surface area contributed by atoms with Gasteiger partial charge in [0.25, 0.3) is 0 Å². The van der Waals surface area contributed by atoms with Crippen LogP contribution in [0.15, 0.2) is 28.9 Å². The van der Waals surface area contributed by atoms with E-state index >= 15 is 0 Å². The number of hydrogen-bond acceptors (Lipinski definition) is 3. The Morgan fingerprint density at radius 2 is 2.15 bits per heavy atom. The largest absolute Gasteiger partial charge is 0.383 e. The lowest BCUT2D eigenvalue weighted by Gasteiger charge is -2.16. The highest BCUT2D eigenvalue weighted by atomic mass is 79.9. The van der Waals surface area contributed by atoms with Crippen LogP contribution in [0.25, 0.3) is 0 Å². The second-order valence-electron chi connectivity index (χ2n) is 5.01. The van der Waals surface area contributed by atoms with E-state index in [-0.39, 0.29) is 6.04 Å². The summed E-state index contributed by atoms with van der Waals surface area (Å²) >= 11 is 3.51. The smallest absolute Gasteiger partial charge is 0.207 e. The van der Waals surface area contributed by atoms with E-state index in [9.17, 15) is 0 Å². The topological polar surface area (TPSA) is 39.1 Å². The van der Waals surface area contributed by atoms with Crippen LogP contribution >= 0.6 is 15.9 Å². The highest BCUT2D eigenvalue weighted by molar-refractivity contribution is 9.10. The van der Waals surface area contributed by atoms with Crippen LogP contribution in [0.1, 0.15) is 24.2 Å². The summed E-state index contributed by atoms with van der Waals surface area (Å²) in [5.41, 5.74) is 3.21. The van der Waals surface area contributed by atoms with Crippen molar-refractivity contribution < 1.29 is 4.74 Å². The number of nitrogens with zero attached hydrogens (tertiary/aromatic N) is 2. The molecular formula is C15H20BrN3O. The normalized spacial score (nSPS) is 12.4. The molecule has 0 aliphatic heterocycles. The van der Waals surface area contributed by atoms with Gasteiger partial charge in [-0.25, -0.2) is 4.98 Å². The van der Waals surface area contributed by atoms with E-state index in [1.807, 2.05) is 25.3 Å². The number of imidazole rings is 1. The first-order valence-corrected chi connectivity index (χ1v) is 7.38. The summed E-state index contributed by atoms with van der Waals surface area (Å²) in [6, 6.07) is 6.41. The molecule has 0 saturated heterocycles. The van der Waals surface area contributed by atoms with E-state index < -0.39 is 0 Å². The number of anilines is 2. The predicted octanol–water partition coefficient (Wildman–Crippen LogP) is 4.21. The minimum atomic E-state index is 0.236. The second kappa shape index (κ2) is 6.41. The van der Waals surface area contributed by atoms with E-state index in [4.69, 9.17) is 4.74 Å². The van der Waals surface area contributed by atoms with Crippen LogP contribution in [0.2, 0.25) is 0 Å². The molecule has 1 aromatic heterocycles. The monoisotopic (exact) mass is 337 g/mol. The molecule has 2 aromatic rings. The maximum Gasteiger partial charge on any atom is 0.207 e. The molecule has 1 atom stereocenters. The quantitative estimate of drug-likeness (QED) is 0.887. The summed E-state index contributed by atoms with van der Waals surface area (Å²) in [6.45, 7) is 6.83. The third kappa shape index (κ3) is 3.41. The van der Waals surface area contributed by atoms with E-state index in [0.29, 0.717) is 6.61 Å². The van der Waals surface area contributed by atoms with Gasteiger partial charge in [-0.3, -0.25) is 0 Å². The van der Waals surface area contributed by atoms with Gasteiger partial charge in [0, 0.05) is 23.5 Å². The van der Waals surface area contributed by atoms with Gasteiger partial charge < -0.3 is 14.6 Å². The van der Waals surface area contributed by atoms with Crippen molar-refractivity contribution in [2.75, 3.05) is 19.0 Å². The lowest BCUT2D eigenvalue weighted by atomic mass is 10.2. The summed E-state index contributed by atoms with van der Waals surface area (Å²) in [4.78, 5) is 4.55. The number of aromatic nitrogens is 2. The van der Waals surface area contributed by atoms with Gasteiger partial charge in [-0.05, 0) is 44.5 Å². The summed E-state index contributed by atoms with van der Waals surface area (Å²) < 4.78 is 8.44. The summed E-state index contributed by atoms with van der Waals surface area (Å²) in [5.74, 6) is 0.841. The molecule has 0 fully saturated rings. The number of benzene rings is 1. The fourth-order valence-electron chi connectivity index (χ4n) is 2.12. The fourth-order valence-corrected chi connectivity index (χ4v) is 2.36. The van der Waals surface area contributed by atoms with Crippen molar-refractivity contribution in [1.29, 1.82) is 0 Å². The number of ether oxygens (including phenoxy) is 1. The fraction of sp³-hybridized carbons (Fsp3) is 0.400. The van der Waals surface area contributed by atoms with Crippen molar-refractivity contribution >= 4 is 27.6 Å². The van der Waals surface area contributed by atoms with Gasteiger partial charge in [-0.15, -0.1) is 0 Å². The first-order valence-electron chi connectivity index (χ1n) is 6.59. The molecule has 0 radical (unpaired) electrons. The van der Waals surface area contributed by atoms with Gasteiger partial charge in [-0.2, -0.15) is 0 Å². The molecule has 5 heteroatoms. The summed E-state index contributed by atoms with van der Waals surface area (Å²) in [5, 5.41) is 3.38. The van der Waals surface area contributed by atoms with Gasteiger partial charge >= 0.3 is 0 Å². The summed E-state index contributed by atoms with van der Waals surface area (Å²) in [6.07, 6.45) is 2.04. The van der Waals surface area contributed by atoms with Crippen LogP contribution in [0.4, 0.5) is 11.6 Å². The van der Waals surface area contributed by atoms with Crippen molar-refractivity contribution in [1.82, 2.24) is 9.55 Å². The highest BCUT2D eigenvalue weighted by Gasteiger charge is 2.12. The highest BCUT2D eigenvalue weighted by Crippen LogP contribution is 2.24. The third-order valence-electron chi connectivity index (χ3n) is 3.15. The SMILES string of the molecule is COCC(C)n1cc(C)nc1Nc1ccc(Br)c(C)c1. The first kappa shape index (κ1) is 15.1. The predicted molar refractivity (Wildman–Crippen MR) is 85.7 cm³/mol. The minimum absolute atomic E-state index is 0.236. The molecule has 108 valence electrons. The van der Waals surface area contributed by atoms with E-state index in [0.717, 1.165) is 21.8 Å². The van der Waals surface area contributed by atoms with Crippen LogP contribution in [0.3, 0.4) is 0 Å². The van der Waals surface area contributed by atoms with Crippen LogP contribution in [-0.2, 0) is 4.74 Å². The number of hydrogen-bond donors (Lipinski definition) is 1. The van der Waals surface area contributed by atoms with E-state index in [1.54, 1.807) is 7.11 Å². The summed E-state index contributed by atoms with van der Waals surface area (Å²) in [7, 11) is 1.71. The van der Waals surface area contributed by atoms with Crippen molar-refractivity contribution in [3.05, 3.63) is 40.1 Å². The number of methoxy groups -OCH3 is 1. The first-order chi connectivity index (χ1) is 9.51. The van der Waals surface area contributed by atoms with Gasteiger partial charge in [0.15, 0.2) is 0 Å². The molecule has 0 spiro atoms. The second-order valence-corrected chi connectivity index (χ2v) is 5.86. The number of nitrogens with one attached hydrogen (secondary N) is 1. The van der Waals surface area contributed by atoms with Gasteiger partial charge in [0.05, 0.1) is 18.3 Å². The van der Waals surface area contributed by atoms with Crippen LogP contribution in [0, 0.1) is 13.8 Å². The molecule has 1 unspecified atom stereocenters. The molecule has 1 aromatic carbocycles. The number of aryl methyl sites for hydroxylation is 2. The molecular weight excluding hydrogens is 318 g/mol. The van der Waals surface area contributed by atoms with Crippen molar-refractivity contribution in [2.24, 2.45) is 0 Å². The molecule has 0 aliphatic carbocycles. The Bertz CT molecular complexity index is 595. The molecule has 0 bridgehead atoms. The lowest BCUT2D eigenvalue weighted by Crippen LogP contribution is -2.12. The average Bonchev–Trinajstić information content (AvgIpc) is 2.75. The van der Waals surface area contributed by atoms with Gasteiger partial charge in [-0.1, -0.05) is 15.9 Å². The molecule has 4 nitrogen and oxygen atoms in total. The lowest BCUT2D eigenvalue weighted by molar-refractivity contribution is 0.163. The Labute approximate surface area is 128 Å². The maximum atomic E-state index is 5.22. The average molecular weight is 338 g/mol. The van der Waals surface area contributed by atoms with Crippen molar-refractivity contribution in [3.63, 3.8) is 0 Å². The van der Waals surface area contributed by atoms with Gasteiger partial charge in [0.2, 0.25) is 5.95 Å². The van der Waals surface area contributed by atoms with Crippen LogP contribution in [0.5, 0.6) is 0 Å². The molecule has 0 saturated carbocycles. The van der Waals surface area contributed by atoms with Crippen molar-refractivity contribution in [3.8, 4) is 0 Å². The zero-order valence-electron chi connectivity index (χ0n) is 12.3. The van der Waals surface area contributed by atoms with Crippen LogP contribution in [-0.4, -0.2) is 23.3 Å². The van der Waals surface area contributed by atoms with Crippen LogP contribution < -0.4 is 5.32 Å². The van der Waals surface area contributed by atoms with Crippen molar-refractivity contribution in [2.45, 2.75) is 26.8 Å². The maximum absolute atomic E-state index is 5.22. The third-order valence-corrected chi connectivity index (χ3v) is 4.04. The molecule has 0 aliphatic rings. The van der Waals surface area contributed by atoms with Gasteiger partial charge in [0.1, 0.15) is 0 Å². The standard InChI is InChI=1S/C15H20BrN3O/c1-10-7-13(5-6-14(10)16)18-15-17-11(2)8-19(15)12(3)9-20-4/h5-8,12H,9H2,1-4H3,(H,17,18). The zero-order valence-corrected chi connectivity index (χ0v) is 13.9. The molecule has 0 amide bonds. The Morgan fingerprint density at radius 3 is 2.80 bits per heavy atom. The zero-order chi connectivity index (χ0) is 14.7. The van der Waals surface area contributed by atoms with E-state index in [2.05, 4.69) is 50.7 Å².